The molecule has 20 heavy (non-hydrogen) atoms. The Bertz CT molecular complexity index is 439. The van der Waals surface area contributed by atoms with Gasteiger partial charge in [-0.25, -0.2) is 4.98 Å². The average molecular weight is 279 g/mol. The van der Waals surface area contributed by atoms with E-state index in [0.29, 0.717) is 25.1 Å². The second-order valence-corrected chi connectivity index (χ2v) is 5.11. The van der Waals surface area contributed by atoms with Crippen molar-refractivity contribution in [3.8, 4) is 0 Å². The number of nitrogens with zero attached hydrogens (tertiary/aromatic N) is 2. The number of nitrogens with one attached hydrogen (secondary N) is 1. The van der Waals surface area contributed by atoms with Crippen molar-refractivity contribution in [2.75, 3.05) is 13.2 Å². The van der Waals surface area contributed by atoms with Crippen LogP contribution in [0.2, 0.25) is 0 Å². The maximum Gasteiger partial charge on any atom is 0.306 e. The third-order valence-electron chi connectivity index (χ3n) is 3.61. The Morgan fingerprint density at radius 2 is 2.20 bits per heavy atom. The van der Waals surface area contributed by atoms with E-state index in [0.717, 1.165) is 12.8 Å². The summed E-state index contributed by atoms with van der Waals surface area (Å²) in [4.78, 5) is 26.7. The second kappa shape index (κ2) is 7.07. The fraction of sp³-hybridized carbons (Fsp3) is 0.643. The van der Waals surface area contributed by atoms with Gasteiger partial charge in [-0.05, 0) is 25.7 Å². The van der Waals surface area contributed by atoms with Crippen LogP contribution in [-0.2, 0) is 14.3 Å². The van der Waals surface area contributed by atoms with Crippen molar-refractivity contribution in [2.45, 2.75) is 38.6 Å². The van der Waals surface area contributed by atoms with E-state index in [-0.39, 0.29) is 24.7 Å². The molecule has 1 amide bonds. The summed E-state index contributed by atoms with van der Waals surface area (Å²) in [5, 5.41) is 2.88. The molecule has 1 fully saturated rings. The molecule has 1 aromatic heterocycles. The molecule has 1 aliphatic carbocycles. The van der Waals surface area contributed by atoms with Gasteiger partial charge in [0.05, 0.1) is 19.4 Å². The first-order chi connectivity index (χ1) is 9.69. The first-order valence-corrected chi connectivity index (χ1v) is 7.08. The van der Waals surface area contributed by atoms with Crippen LogP contribution < -0.4 is 5.32 Å². The third kappa shape index (κ3) is 4.08. The predicted octanol–water partition coefficient (Wildman–Crippen LogP) is 1.29. The number of carbonyl (C=O) groups excluding carboxylic acids is 2. The van der Waals surface area contributed by atoms with E-state index in [9.17, 15) is 9.59 Å². The average Bonchev–Trinajstić information content (AvgIpc) is 2.88. The number of rotatable bonds is 7. The molecule has 0 atom stereocenters. The number of amides is 1. The van der Waals surface area contributed by atoms with Crippen LogP contribution in [0.3, 0.4) is 0 Å². The summed E-state index contributed by atoms with van der Waals surface area (Å²) < 4.78 is 6.89. The van der Waals surface area contributed by atoms with Crippen LogP contribution in [0.5, 0.6) is 0 Å². The predicted molar refractivity (Wildman–Crippen MR) is 72.9 cm³/mol. The van der Waals surface area contributed by atoms with Crippen molar-refractivity contribution < 1.29 is 14.3 Å². The molecular formula is C14H21N3O3. The van der Waals surface area contributed by atoms with Gasteiger partial charge in [0.25, 0.3) is 0 Å². The van der Waals surface area contributed by atoms with Crippen LogP contribution in [0.15, 0.2) is 18.7 Å². The first kappa shape index (κ1) is 14.6. The monoisotopic (exact) mass is 279 g/mol. The lowest BCUT2D eigenvalue weighted by atomic mass is 9.80. The summed E-state index contributed by atoms with van der Waals surface area (Å²) in [5.74, 6) is 0.129. The highest BCUT2D eigenvalue weighted by Gasteiger charge is 2.30. The highest BCUT2D eigenvalue weighted by molar-refractivity contribution is 5.81. The van der Waals surface area contributed by atoms with E-state index >= 15 is 0 Å². The molecule has 1 N–H and O–H groups in total. The molecule has 1 heterocycles. The van der Waals surface area contributed by atoms with Crippen LogP contribution in [0.4, 0.5) is 0 Å². The molecule has 2 rings (SSSR count). The topological polar surface area (TPSA) is 73.2 Å². The Morgan fingerprint density at radius 1 is 1.40 bits per heavy atom. The molecule has 0 aromatic carbocycles. The number of esters is 1. The molecule has 0 radical (unpaired) electrons. The molecule has 0 aliphatic heterocycles. The van der Waals surface area contributed by atoms with Crippen LogP contribution in [0, 0.1) is 5.92 Å². The van der Waals surface area contributed by atoms with Crippen molar-refractivity contribution >= 4 is 11.9 Å². The summed E-state index contributed by atoms with van der Waals surface area (Å²) in [5.41, 5.74) is 0. The molecule has 1 aliphatic rings. The summed E-state index contributed by atoms with van der Waals surface area (Å²) in [6.45, 7) is 2.80. The lowest BCUT2D eigenvalue weighted by Crippen LogP contribution is -2.36. The zero-order valence-corrected chi connectivity index (χ0v) is 11.7. The lowest BCUT2D eigenvalue weighted by molar-refractivity contribution is -0.144. The van der Waals surface area contributed by atoms with Crippen LogP contribution >= 0.6 is 0 Å². The second-order valence-electron chi connectivity index (χ2n) is 5.11. The molecule has 1 aromatic rings. The Balaban J connectivity index is 1.56. The van der Waals surface area contributed by atoms with E-state index in [1.54, 1.807) is 13.1 Å². The van der Waals surface area contributed by atoms with Gasteiger partial charge in [-0.15, -0.1) is 0 Å². The Labute approximate surface area is 118 Å². The van der Waals surface area contributed by atoms with Crippen molar-refractivity contribution in [1.82, 2.24) is 14.9 Å². The highest BCUT2D eigenvalue weighted by Crippen LogP contribution is 2.36. The standard InChI is InChI=1S/C14H21N3O3/c1-2-20-14(19)4-3-13(18)16-9-11-7-12(8-11)17-6-5-15-10-17/h5-6,10-12H,2-4,7-9H2,1H3,(H,16,18). The minimum absolute atomic E-state index is 0.0795. The Morgan fingerprint density at radius 3 is 2.85 bits per heavy atom. The number of aromatic nitrogens is 2. The highest BCUT2D eigenvalue weighted by atomic mass is 16.5. The van der Waals surface area contributed by atoms with Crippen molar-refractivity contribution in [2.24, 2.45) is 5.92 Å². The van der Waals surface area contributed by atoms with Crippen molar-refractivity contribution in [3.05, 3.63) is 18.7 Å². The van der Waals surface area contributed by atoms with Crippen molar-refractivity contribution in [1.29, 1.82) is 0 Å². The van der Waals surface area contributed by atoms with Gasteiger partial charge in [-0.2, -0.15) is 0 Å². The number of imidazole rings is 1. The van der Waals surface area contributed by atoms with Gasteiger partial charge in [0.15, 0.2) is 0 Å². The van der Waals surface area contributed by atoms with Gasteiger partial charge < -0.3 is 14.6 Å². The maximum atomic E-state index is 11.6. The molecule has 0 saturated heterocycles. The molecule has 6 nitrogen and oxygen atoms in total. The lowest BCUT2D eigenvalue weighted by Gasteiger charge is -2.36. The Hall–Kier alpha value is -1.85. The van der Waals surface area contributed by atoms with Gasteiger partial charge in [0.2, 0.25) is 5.91 Å². The number of carbonyl (C=O) groups is 2. The quantitative estimate of drug-likeness (QED) is 0.763. The zero-order valence-electron chi connectivity index (χ0n) is 11.7. The van der Waals surface area contributed by atoms with E-state index in [1.165, 1.54) is 0 Å². The van der Waals surface area contributed by atoms with Gasteiger partial charge in [0, 0.05) is 31.4 Å². The first-order valence-electron chi connectivity index (χ1n) is 7.08. The van der Waals surface area contributed by atoms with E-state index in [4.69, 9.17) is 4.74 Å². The number of hydrogen-bond acceptors (Lipinski definition) is 4. The smallest absolute Gasteiger partial charge is 0.306 e. The molecule has 0 spiro atoms. The summed E-state index contributed by atoms with van der Waals surface area (Å²) in [6, 6.07) is 0.513. The normalized spacial score (nSPS) is 21.1. The van der Waals surface area contributed by atoms with Crippen LogP contribution in [0.25, 0.3) is 0 Å². The minimum Gasteiger partial charge on any atom is -0.466 e. The Kier molecular flexibility index (Phi) is 5.15. The minimum atomic E-state index is -0.313. The molecule has 0 unspecified atom stereocenters. The summed E-state index contributed by atoms with van der Waals surface area (Å²) in [7, 11) is 0. The summed E-state index contributed by atoms with van der Waals surface area (Å²) in [6.07, 6.45) is 8.07. The largest absolute Gasteiger partial charge is 0.466 e. The van der Waals surface area contributed by atoms with Gasteiger partial charge in [-0.1, -0.05) is 0 Å². The van der Waals surface area contributed by atoms with Crippen molar-refractivity contribution in [3.63, 3.8) is 0 Å². The molecule has 0 bridgehead atoms. The maximum absolute atomic E-state index is 11.6. The van der Waals surface area contributed by atoms with E-state index in [2.05, 4.69) is 14.9 Å². The number of hydrogen-bond donors (Lipinski definition) is 1. The molecular weight excluding hydrogens is 258 g/mol. The zero-order chi connectivity index (χ0) is 14.4. The fourth-order valence-electron chi connectivity index (χ4n) is 2.39. The van der Waals surface area contributed by atoms with Crippen LogP contribution in [-0.4, -0.2) is 34.6 Å². The van der Waals surface area contributed by atoms with Gasteiger partial charge in [-0.3, -0.25) is 9.59 Å². The molecule has 6 heteroatoms. The van der Waals surface area contributed by atoms with E-state index < -0.39 is 0 Å². The van der Waals surface area contributed by atoms with Gasteiger partial charge >= 0.3 is 5.97 Å². The number of ether oxygens (including phenoxy) is 1. The third-order valence-corrected chi connectivity index (χ3v) is 3.61. The van der Waals surface area contributed by atoms with Crippen LogP contribution in [0.1, 0.15) is 38.6 Å². The van der Waals surface area contributed by atoms with Gasteiger partial charge in [0.1, 0.15) is 0 Å². The summed E-state index contributed by atoms with van der Waals surface area (Å²) >= 11 is 0. The fourth-order valence-corrected chi connectivity index (χ4v) is 2.39. The molecule has 110 valence electrons. The SMILES string of the molecule is CCOC(=O)CCC(=O)NCC1CC(n2ccnc2)C1. The molecule has 1 saturated carbocycles. The van der Waals surface area contributed by atoms with E-state index in [1.807, 2.05) is 12.5 Å².